The van der Waals surface area contributed by atoms with E-state index < -0.39 is 15.6 Å². The zero-order valence-corrected chi connectivity index (χ0v) is 13.0. The molecule has 0 spiro atoms. The molecule has 3 N–H and O–H groups in total. The van der Waals surface area contributed by atoms with Crippen LogP contribution in [0.25, 0.3) is 0 Å². The van der Waals surface area contributed by atoms with Crippen LogP contribution >= 0.6 is 0 Å². The molecule has 6 nitrogen and oxygen atoms in total. The Morgan fingerprint density at radius 1 is 1.35 bits per heavy atom. The van der Waals surface area contributed by atoms with E-state index in [4.69, 9.17) is 0 Å². The van der Waals surface area contributed by atoms with Gasteiger partial charge in [0.05, 0.1) is 11.8 Å². The lowest BCUT2D eigenvalue weighted by Crippen LogP contribution is -2.46. The van der Waals surface area contributed by atoms with E-state index in [1.165, 1.54) is 6.20 Å². The first-order valence-corrected chi connectivity index (χ1v) is 8.34. The van der Waals surface area contributed by atoms with Gasteiger partial charge in [-0.2, -0.15) is 0 Å². The van der Waals surface area contributed by atoms with Gasteiger partial charge in [-0.25, -0.2) is 18.1 Å². The summed E-state index contributed by atoms with van der Waals surface area (Å²) in [6.45, 7) is 6.08. The quantitative estimate of drug-likeness (QED) is 0.782. The maximum Gasteiger partial charge on any atom is 0.257 e. The van der Waals surface area contributed by atoms with Crippen molar-refractivity contribution in [2.24, 2.45) is 5.41 Å². The summed E-state index contributed by atoms with van der Waals surface area (Å²) in [5.41, 5.74) is -0.719. The third kappa shape index (κ3) is 3.59. The van der Waals surface area contributed by atoms with Gasteiger partial charge in [-0.15, -0.1) is 0 Å². The number of aliphatic hydroxyl groups is 1. The Labute approximate surface area is 120 Å². The minimum atomic E-state index is -3.63. The first-order chi connectivity index (χ1) is 9.12. The van der Waals surface area contributed by atoms with Crippen LogP contribution < -0.4 is 4.72 Å². The van der Waals surface area contributed by atoms with E-state index in [2.05, 4.69) is 28.5 Å². The SMILES string of the molecule is Cc1ncc(S(=O)(=O)NCC2(O)CCC(C)(C)CC2)[nH]1. The number of aromatic nitrogens is 2. The highest BCUT2D eigenvalue weighted by atomic mass is 32.2. The topological polar surface area (TPSA) is 95.1 Å². The van der Waals surface area contributed by atoms with Gasteiger partial charge in [0, 0.05) is 6.54 Å². The lowest BCUT2D eigenvalue weighted by atomic mass is 9.71. The number of aromatic amines is 1. The molecule has 0 unspecified atom stereocenters. The van der Waals surface area contributed by atoms with Gasteiger partial charge in [-0.05, 0) is 38.0 Å². The van der Waals surface area contributed by atoms with Gasteiger partial charge in [-0.1, -0.05) is 13.8 Å². The molecule has 2 rings (SSSR count). The molecule has 1 aromatic rings. The average Bonchev–Trinajstić information content (AvgIpc) is 2.79. The van der Waals surface area contributed by atoms with Crippen molar-refractivity contribution in [3.8, 4) is 0 Å². The highest BCUT2D eigenvalue weighted by Gasteiger charge is 2.37. The Balaban J connectivity index is 1.98. The summed E-state index contributed by atoms with van der Waals surface area (Å²) in [6, 6.07) is 0. The van der Waals surface area contributed by atoms with Gasteiger partial charge in [0.2, 0.25) is 0 Å². The molecule has 7 heteroatoms. The average molecular weight is 301 g/mol. The summed E-state index contributed by atoms with van der Waals surface area (Å²) in [5, 5.41) is 10.5. The third-order valence-electron chi connectivity index (χ3n) is 4.09. The first kappa shape index (κ1) is 15.5. The molecule has 0 radical (unpaired) electrons. The molecule has 1 aliphatic carbocycles. The van der Waals surface area contributed by atoms with Crippen molar-refractivity contribution < 1.29 is 13.5 Å². The summed E-state index contributed by atoms with van der Waals surface area (Å²) in [5.74, 6) is 0.545. The molecule has 1 aliphatic rings. The molecule has 1 fully saturated rings. The molecule has 20 heavy (non-hydrogen) atoms. The predicted molar refractivity (Wildman–Crippen MR) is 75.7 cm³/mol. The fraction of sp³-hybridized carbons (Fsp3) is 0.769. The molecule has 0 amide bonds. The van der Waals surface area contributed by atoms with Crippen molar-refractivity contribution in [2.45, 2.75) is 57.1 Å². The second-order valence-electron chi connectivity index (χ2n) is 6.55. The first-order valence-electron chi connectivity index (χ1n) is 6.86. The van der Waals surface area contributed by atoms with Crippen molar-refractivity contribution in [1.82, 2.24) is 14.7 Å². The van der Waals surface area contributed by atoms with E-state index in [1.54, 1.807) is 6.92 Å². The molecule has 0 aromatic carbocycles. The number of nitrogens with zero attached hydrogens (tertiary/aromatic N) is 1. The Bertz CT molecular complexity index is 567. The van der Waals surface area contributed by atoms with Crippen LogP contribution in [0.2, 0.25) is 0 Å². The van der Waals surface area contributed by atoms with Crippen molar-refractivity contribution >= 4 is 10.0 Å². The molecule has 0 aliphatic heterocycles. The van der Waals surface area contributed by atoms with Gasteiger partial charge in [0.25, 0.3) is 10.0 Å². The molecule has 0 atom stereocenters. The van der Waals surface area contributed by atoms with Gasteiger partial charge >= 0.3 is 0 Å². The maximum absolute atomic E-state index is 12.1. The Hall–Kier alpha value is -0.920. The standard InChI is InChI=1S/C13H23N3O3S/c1-10-14-8-11(16-10)20(18,19)15-9-13(17)6-4-12(2,3)5-7-13/h8,15,17H,4-7,9H2,1-3H3,(H,14,16). The largest absolute Gasteiger partial charge is 0.389 e. The highest BCUT2D eigenvalue weighted by molar-refractivity contribution is 7.89. The molecule has 0 saturated heterocycles. The minimum absolute atomic E-state index is 0.0368. The monoisotopic (exact) mass is 301 g/mol. The highest BCUT2D eigenvalue weighted by Crippen LogP contribution is 2.39. The summed E-state index contributed by atoms with van der Waals surface area (Å²) in [4.78, 5) is 6.56. The summed E-state index contributed by atoms with van der Waals surface area (Å²) < 4.78 is 26.6. The zero-order valence-electron chi connectivity index (χ0n) is 12.2. The zero-order chi connectivity index (χ0) is 15.0. The van der Waals surface area contributed by atoms with Crippen molar-refractivity contribution in [1.29, 1.82) is 0 Å². The third-order valence-corrected chi connectivity index (χ3v) is 5.41. The molecule has 1 aromatic heterocycles. The summed E-state index contributed by atoms with van der Waals surface area (Å²) in [7, 11) is -3.63. The minimum Gasteiger partial charge on any atom is -0.389 e. The van der Waals surface area contributed by atoms with Crippen LogP contribution in [0.1, 0.15) is 45.4 Å². The number of hydrogen-bond donors (Lipinski definition) is 3. The van der Waals surface area contributed by atoms with E-state index in [1.807, 2.05) is 0 Å². The molecular formula is C13H23N3O3S. The fourth-order valence-corrected chi connectivity index (χ4v) is 3.50. The van der Waals surface area contributed by atoms with Crippen LogP contribution in [0.5, 0.6) is 0 Å². The Morgan fingerprint density at radius 3 is 2.45 bits per heavy atom. The molecule has 0 bridgehead atoms. The summed E-state index contributed by atoms with van der Waals surface area (Å²) >= 11 is 0. The van der Waals surface area contributed by atoms with Crippen LogP contribution in [-0.2, 0) is 10.0 Å². The molecule has 1 saturated carbocycles. The van der Waals surface area contributed by atoms with E-state index in [0.717, 1.165) is 12.8 Å². The second kappa shape index (κ2) is 5.13. The molecular weight excluding hydrogens is 278 g/mol. The van der Waals surface area contributed by atoms with E-state index >= 15 is 0 Å². The van der Waals surface area contributed by atoms with Crippen LogP contribution in [0.3, 0.4) is 0 Å². The van der Waals surface area contributed by atoms with Gasteiger partial charge < -0.3 is 10.1 Å². The van der Waals surface area contributed by atoms with E-state index in [-0.39, 0.29) is 17.0 Å². The molecule has 1 heterocycles. The van der Waals surface area contributed by atoms with Crippen molar-refractivity contribution in [3.63, 3.8) is 0 Å². The Morgan fingerprint density at radius 2 is 1.95 bits per heavy atom. The van der Waals surface area contributed by atoms with Crippen LogP contribution in [0, 0.1) is 12.3 Å². The summed E-state index contributed by atoms with van der Waals surface area (Å²) in [6.07, 6.45) is 4.31. The second-order valence-corrected chi connectivity index (χ2v) is 8.28. The lowest BCUT2D eigenvalue weighted by molar-refractivity contribution is -0.0205. The normalized spacial score (nSPS) is 21.8. The maximum atomic E-state index is 12.1. The number of hydrogen-bond acceptors (Lipinski definition) is 4. The van der Waals surface area contributed by atoms with Crippen LogP contribution in [-0.4, -0.2) is 35.6 Å². The van der Waals surface area contributed by atoms with E-state index in [0.29, 0.717) is 18.7 Å². The van der Waals surface area contributed by atoms with E-state index in [9.17, 15) is 13.5 Å². The number of imidazole rings is 1. The lowest BCUT2D eigenvalue weighted by Gasteiger charge is -2.40. The number of sulfonamides is 1. The number of rotatable bonds is 4. The van der Waals surface area contributed by atoms with Crippen molar-refractivity contribution in [2.75, 3.05) is 6.54 Å². The fourth-order valence-electron chi connectivity index (χ4n) is 2.41. The van der Waals surface area contributed by atoms with Gasteiger partial charge in [0.1, 0.15) is 5.82 Å². The smallest absolute Gasteiger partial charge is 0.257 e. The molecule has 114 valence electrons. The van der Waals surface area contributed by atoms with Crippen molar-refractivity contribution in [3.05, 3.63) is 12.0 Å². The number of aryl methyl sites for hydroxylation is 1. The van der Waals surface area contributed by atoms with Gasteiger partial charge in [0.15, 0.2) is 5.03 Å². The Kier molecular flexibility index (Phi) is 3.96. The van der Waals surface area contributed by atoms with Gasteiger partial charge in [-0.3, -0.25) is 0 Å². The number of nitrogens with one attached hydrogen (secondary N) is 2. The predicted octanol–water partition coefficient (Wildman–Crippen LogP) is 1.33. The van der Waals surface area contributed by atoms with Crippen LogP contribution in [0.4, 0.5) is 0 Å². The van der Waals surface area contributed by atoms with Crippen LogP contribution in [0.15, 0.2) is 11.2 Å². The number of H-pyrrole nitrogens is 1.